The lowest BCUT2D eigenvalue weighted by molar-refractivity contribution is -0.135. The summed E-state index contributed by atoms with van der Waals surface area (Å²) >= 11 is 0. The van der Waals surface area contributed by atoms with Crippen LogP contribution in [0.1, 0.15) is 57.4 Å². The summed E-state index contributed by atoms with van der Waals surface area (Å²) < 4.78 is 0. The molecule has 1 aromatic heterocycles. The van der Waals surface area contributed by atoms with Crippen molar-refractivity contribution in [3.63, 3.8) is 0 Å². The van der Waals surface area contributed by atoms with Gasteiger partial charge in [0.05, 0.1) is 6.54 Å². The molecule has 0 saturated heterocycles. The van der Waals surface area contributed by atoms with E-state index >= 15 is 0 Å². The van der Waals surface area contributed by atoms with Crippen LogP contribution in [-0.4, -0.2) is 21.8 Å². The summed E-state index contributed by atoms with van der Waals surface area (Å²) in [6.45, 7) is 2.45. The van der Waals surface area contributed by atoms with Gasteiger partial charge in [0.2, 0.25) is 5.91 Å². The Bertz CT molecular complexity index is 760. The first-order valence-electron chi connectivity index (χ1n) is 9.09. The molecule has 0 aliphatic heterocycles. The first-order chi connectivity index (χ1) is 11.7. The fourth-order valence-corrected chi connectivity index (χ4v) is 3.66. The summed E-state index contributed by atoms with van der Waals surface area (Å²) in [5.41, 5.74) is 1.44. The van der Waals surface area contributed by atoms with Gasteiger partial charge >= 0.3 is 0 Å². The number of amides is 1. The summed E-state index contributed by atoms with van der Waals surface area (Å²) in [6, 6.07) is 9.99. The third-order valence-corrected chi connectivity index (χ3v) is 4.97. The van der Waals surface area contributed by atoms with Gasteiger partial charge in [-0.2, -0.15) is 0 Å². The van der Waals surface area contributed by atoms with Crippen LogP contribution in [0.15, 0.2) is 35.1 Å². The number of fused-ring (bicyclic) bond motifs is 1. The highest BCUT2D eigenvalue weighted by Crippen LogP contribution is 2.25. The molecule has 3 rings (SSSR count). The molecule has 1 aromatic carbocycles. The van der Waals surface area contributed by atoms with Crippen LogP contribution in [-0.2, 0) is 11.3 Å². The standard InChI is InChI=1S/C20H26N2O2/c1-2-8-19(23)22(17-10-4-3-5-11-17)14-16-13-15-9-6-7-12-18(15)21-20(16)24/h6-7,9,12-13,17H,2-5,8,10-11,14H2,1H3,(H,21,24). The molecule has 1 fully saturated rings. The Morgan fingerprint density at radius 1 is 1.21 bits per heavy atom. The van der Waals surface area contributed by atoms with E-state index in [9.17, 15) is 9.59 Å². The zero-order valence-corrected chi connectivity index (χ0v) is 14.4. The molecule has 1 heterocycles. The van der Waals surface area contributed by atoms with Gasteiger partial charge in [0.25, 0.3) is 5.56 Å². The Kier molecular flexibility index (Phi) is 5.34. The highest BCUT2D eigenvalue weighted by molar-refractivity contribution is 5.79. The summed E-state index contributed by atoms with van der Waals surface area (Å²) in [5.74, 6) is 0.178. The van der Waals surface area contributed by atoms with Crippen LogP contribution in [0, 0.1) is 0 Å². The van der Waals surface area contributed by atoms with Crippen molar-refractivity contribution in [1.82, 2.24) is 9.88 Å². The zero-order valence-electron chi connectivity index (χ0n) is 14.4. The molecule has 1 aliphatic carbocycles. The van der Waals surface area contributed by atoms with Gasteiger partial charge in [-0.15, -0.1) is 0 Å². The topological polar surface area (TPSA) is 53.2 Å². The van der Waals surface area contributed by atoms with Gasteiger partial charge in [-0.05, 0) is 36.8 Å². The van der Waals surface area contributed by atoms with Crippen LogP contribution in [0.2, 0.25) is 0 Å². The Morgan fingerprint density at radius 2 is 1.96 bits per heavy atom. The Morgan fingerprint density at radius 3 is 2.71 bits per heavy atom. The minimum atomic E-state index is -0.0844. The number of benzene rings is 1. The minimum Gasteiger partial charge on any atom is -0.335 e. The van der Waals surface area contributed by atoms with Gasteiger partial charge in [-0.1, -0.05) is 44.4 Å². The molecule has 4 nitrogen and oxygen atoms in total. The van der Waals surface area contributed by atoms with Crippen molar-refractivity contribution < 1.29 is 4.79 Å². The van der Waals surface area contributed by atoms with Gasteiger partial charge in [-0.3, -0.25) is 9.59 Å². The van der Waals surface area contributed by atoms with Gasteiger partial charge in [0.1, 0.15) is 0 Å². The normalized spacial score (nSPS) is 15.5. The van der Waals surface area contributed by atoms with E-state index in [0.717, 1.165) is 30.2 Å². The second kappa shape index (κ2) is 7.65. The van der Waals surface area contributed by atoms with E-state index in [1.165, 1.54) is 19.3 Å². The van der Waals surface area contributed by atoms with Crippen molar-refractivity contribution in [2.75, 3.05) is 0 Å². The quantitative estimate of drug-likeness (QED) is 0.903. The van der Waals surface area contributed by atoms with Crippen LogP contribution in [0.25, 0.3) is 10.9 Å². The van der Waals surface area contributed by atoms with Crippen molar-refractivity contribution >= 4 is 16.8 Å². The molecule has 24 heavy (non-hydrogen) atoms. The van der Waals surface area contributed by atoms with Crippen LogP contribution in [0.3, 0.4) is 0 Å². The number of hydrogen-bond acceptors (Lipinski definition) is 2. The highest BCUT2D eigenvalue weighted by Gasteiger charge is 2.25. The summed E-state index contributed by atoms with van der Waals surface area (Å²) in [6.07, 6.45) is 7.12. The molecule has 128 valence electrons. The SMILES string of the molecule is CCCC(=O)N(Cc1cc2ccccc2[nH]c1=O)C1CCCCC1. The molecule has 4 heteroatoms. The molecule has 1 amide bonds. The van der Waals surface area contributed by atoms with Gasteiger partial charge in [-0.25, -0.2) is 0 Å². The molecular weight excluding hydrogens is 300 g/mol. The lowest BCUT2D eigenvalue weighted by Crippen LogP contribution is -2.41. The predicted molar refractivity (Wildman–Crippen MR) is 96.9 cm³/mol. The summed E-state index contributed by atoms with van der Waals surface area (Å²) in [5, 5.41) is 1.01. The molecule has 1 aliphatic rings. The van der Waals surface area contributed by atoms with Crippen LogP contribution in [0.4, 0.5) is 0 Å². The lowest BCUT2D eigenvalue weighted by Gasteiger charge is -2.34. The Hall–Kier alpha value is -2.10. The van der Waals surface area contributed by atoms with Crippen molar-refractivity contribution in [1.29, 1.82) is 0 Å². The first-order valence-corrected chi connectivity index (χ1v) is 9.09. The van der Waals surface area contributed by atoms with Crippen LogP contribution < -0.4 is 5.56 Å². The van der Waals surface area contributed by atoms with E-state index in [2.05, 4.69) is 4.98 Å². The number of para-hydroxylation sites is 1. The molecule has 2 aromatic rings. The third-order valence-electron chi connectivity index (χ3n) is 4.97. The monoisotopic (exact) mass is 326 g/mol. The van der Waals surface area contributed by atoms with Gasteiger partial charge < -0.3 is 9.88 Å². The summed E-state index contributed by atoms with van der Waals surface area (Å²) in [4.78, 5) is 30.0. The molecule has 0 spiro atoms. The average molecular weight is 326 g/mol. The first kappa shape index (κ1) is 16.7. The average Bonchev–Trinajstić information content (AvgIpc) is 2.60. The number of rotatable bonds is 5. The second-order valence-electron chi connectivity index (χ2n) is 6.77. The molecule has 1 N–H and O–H groups in total. The van der Waals surface area contributed by atoms with Crippen LogP contribution in [0.5, 0.6) is 0 Å². The number of nitrogens with one attached hydrogen (secondary N) is 1. The smallest absolute Gasteiger partial charge is 0.253 e. The van der Waals surface area contributed by atoms with Crippen molar-refractivity contribution in [3.8, 4) is 0 Å². The zero-order chi connectivity index (χ0) is 16.9. The van der Waals surface area contributed by atoms with Crippen LogP contribution >= 0.6 is 0 Å². The molecule has 1 saturated carbocycles. The van der Waals surface area contributed by atoms with E-state index in [0.29, 0.717) is 18.5 Å². The minimum absolute atomic E-state index is 0.0844. The molecule has 0 atom stereocenters. The maximum atomic E-state index is 12.6. The highest BCUT2D eigenvalue weighted by atomic mass is 16.2. The second-order valence-corrected chi connectivity index (χ2v) is 6.77. The number of aromatic nitrogens is 1. The maximum Gasteiger partial charge on any atom is 0.253 e. The number of carbonyl (C=O) groups excluding carboxylic acids is 1. The fraction of sp³-hybridized carbons (Fsp3) is 0.500. The predicted octanol–water partition coefficient (Wildman–Crippen LogP) is 3.99. The number of H-pyrrole nitrogens is 1. The largest absolute Gasteiger partial charge is 0.335 e. The summed E-state index contributed by atoms with van der Waals surface area (Å²) in [7, 11) is 0. The molecular formula is C20H26N2O2. The van der Waals surface area contributed by atoms with Crippen molar-refractivity contribution in [2.24, 2.45) is 0 Å². The molecule has 0 bridgehead atoms. The number of hydrogen-bond donors (Lipinski definition) is 1. The van der Waals surface area contributed by atoms with E-state index in [-0.39, 0.29) is 17.5 Å². The molecule has 0 unspecified atom stereocenters. The Balaban J connectivity index is 1.89. The van der Waals surface area contributed by atoms with Crippen molar-refractivity contribution in [2.45, 2.75) is 64.5 Å². The maximum absolute atomic E-state index is 12.6. The van der Waals surface area contributed by atoms with Gasteiger partial charge in [0.15, 0.2) is 0 Å². The lowest BCUT2D eigenvalue weighted by atomic mass is 9.93. The third kappa shape index (κ3) is 3.69. The van der Waals surface area contributed by atoms with E-state index < -0.39 is 0 Å². The van der Waals surface area contributed by atoms with Gasteiger partial charge in [0, 0.05) is 23.5 Å². The number of pyridine rings is 1. The van der Waals surface area contributed by atoms with E-state index in [1.807, 2.05) is 42.2 Å². The van der Waals surface area contributed by atoms with Crippen molar-refractivity contribution in [3.05, 3.63) is 46.2 Å². The molecule has 0 radical (unpaired) electrons. The number of aromatic amines is 1. The number of nitrogens with zero attached hydrogens (tertiary/aromatic N) is 1. The fourth-order valence-electron chi connectivity index (χ4n) is 3.66. The van der Waals surface area contributed by atoms with E-state index in [4.69, 9.17) is 0 Å². The van der Waals surface area contributed by atoms with E-state index in [1.54, 1.807) is 0 Å². The Labute approximate surface area is 142 Å². The number of carbonyl (C=O) groups is 1.